The molecule has 1 aromatic carbocycles. The highest BCUT2D eigenvalue weighted by atomic mass is 19.4. The van der Waals surface area contributed by atoms with Crippen LogP contribution >= 0.6 is 0 Å². The number of alkyl halides is 5. The Morgan fingerprint density at radius 1 is 1.11 bits per heavy atom. The molecule has 0 unspecified atom stereocenters. The van der Waals surface area contributed by atoms with Crippen LogP contribution in [0.2, 0.25) is 0 Å². The largest absolute Gasteiger partial charge is 0.478 e. The molecule has 0 bridgehead atoms. The topological polar surface area (TPSA) is 63.3 Å². The van der Waals surface area contributed by atoms with E-state index < -0.39 is 29.7 Å². The Morgan fingerprint density at radius 3 is 1.89 bits per heavy atom. The fourth-order valence-corrected chi connectivity index (χ4v) is 1.22. The molecule has 100 valence electrons. The van der Waals surface area contributed by atoms with Gasteiger partial charge in [-0.1, -0.05) is 12.1 Å². The van der Waals surface area contributed by atoms with Crippen LogP contribution in [0.3, 0.4) is 0 Å². The number of hydrogen-bond acceptors (Lipinski definition) is 2. The summed E-state index contributed by atoms with van der Waals surface area (Å²) in [6.07, 6.45) is -5.77. The van der Waals surface area contributed by atoms with Gasteiger partial charge in [0.15, 0.2) is 0 Å². The molecule has 0 fully saturated rings. The summed E-state index contributed by atoms with van der Waals surface area (Å²) < 4.78 is 62.0. The first kappa shape index (κ1) is 14.4. The van der Waals surface area contributed by atoms with E-state index in [9.17, 15) is 26.7 Å². The molecule has 3 N–H and O–H groups in total. The van der Waals surface area contributed by atoms with Gasteiger partial charge in [0, 0.05) is 0 Å². The first-order chi connectivity index (χ1) is 8.07. The number of rotatable bonds is 3. The van der Waals surface area contributed by atoms with Gasteiger partial charge in [0.2, 0.25) is 0 Å². The van der Waals surface area contributed by atoms with E-state index in [-0.39, 0.29) is 5.56 Å². The van der Waals surface area contributed by atoms with Gasteiger partial charge in [0.25, 0.3) is 0 Å². The normalized spacial score (nSPS) is 14.3. The average molecular weight is 269 g/mol. The van der Waals surface area contributed by atoms with Crippen molar-refractivity contribution in [3.05, 3.63) is 35.4 Å². The summed E-state index contributed by atoms with van der Waals surface area (Å²) in [4.78, 5) is 10.5. The molecule has 3 nitrogen and oxygen atoms in total. The third kappa shape index (κ3) is 2.58. The van der Waals surface area contributed by atoms with E-state index >= 15 is 0 Å². The van der Waals surface area contributed by atoms with Gasteiger partial charge < -0.3 is 10.8 Å². The SMILES string of the molecule is N[C@H](c1ccc(C(=O)O)cc1)C(F)(F)C(F)(F)F. The summed E-state index contributed by atoms with van der Waals surface area (Å²) in [5.41, 5.74) is 4.13. The molecule has 8 heteroatoms. The molecule has 0 aromatic heterocycles. The molecule has 0 aliphatic rings. The molecule has 18 heavy (non-hydrogen) atoms. The summed E-state index contributed by atoms with van der Waals surface area (Å²) in [7, 11) is 0. The second-order valence-corrected chi connectivity index (χ2v) is 3.53. The molecule has 0 heterocycles. The lowest BCUT2D eigenvalue weighted by molar-refractivity contribution is -0.291. The van der Waals surface area contributed by atoms with Gasteiger partial charge in [-0.3, -0.25) is 0 Å². The van der Waals surface area contributed by atoms with Crippen molar-refractivity contribution in [3.8, 4) is 0 Å². The van der Waals surface area contributed by atoms with Crippen LogP contribution in [0.15, 0.2) is 24.3 Å². The molecule has 0 saturated heterocycles. The predicted molar refractivity (Wildman–Crippen MR) is 51.3 cm³/mol. The monoisotopic (exact) mass is 269 g/mol. The van der Waals surface area contributed by atoms with Crippen molar-refractivity contribution in [3.63, 3.8) is 0 Å². The van der Waals surface area contributed by atoms with Crippen LogP contribution in [-0.2, 0) is 0 Å². The first-order valence-electron chi connectivity index (χ1n) is 4.60. The summed E-state index contributed by atoms with van der Waals surface area (Å²) in [6.45, 7) is 0. The van der Waals surface area contributed by atoms with E-state index in [1.165, 1.54) is 0 Å². The van der Waals surface area contributed by atoms with Gasteiger partial charge in [0.05, 0.1) is 5.56 Å². The number of hydrogen-bond donors (Lipinski definition) is 2. The van der Waals surface area contributed by atoms with Gasteiger partial charge in [-0.2, -0.15) is 22.0 Å². The van der Waals surface area contributed by atoms with Crippen molar-refractivity contribution in [2.75, 3.05) is 0 Å². The lowest BCUT2D eigenvalue weighted by atomic mass is 10.00. The molecule has 0 aliphatic heterocycles. The Hall–Kier alpha value is -1.70. The minimum atomic E-state index is -5.77. The van der Waals surface area contributed by atoms with Crippen LogP contribution in [0.25, 0.3) is 0 Å². The zero-order chi connectivity index (χ0) is 14.1. The second kappa shape index (κ2) is 4.52. The Balaban J connectivity index is 3.04. The average Bonchev–Trinajstić information content (AvgIpc) is 2.26. The van der Waals surface area contributed by atoms with E-state index in [1.807, 2.05) is 0 Å². The molecule has 0 radical (unpaired) electrons. The third-order valence-corrected chi connectivity index (χ3v) is 2.29. The van der Waals surface area contributed by atoms with E-state index in [1.54, 1.807) is 0 Å². The van der Waals surface area contributed by atoms with E-state index in [2.05, 4.69) is 0 Å². The van der Waals surface area contributed by atoms with Crippen molar-refractivity contribution >= 4 is 5.97 Å². The van der Waals surface area contributed by atoms with E-state index in [0.29, 0.717) is 0 Å². The molecule has 1 rings (SSSR count). The van der Waals surface area contributed by atoms with Gasteiger partial charge in [-0.15, -0.1) is 0 Å². The van der Waals surface area contributed by atoms with E-state index in [0.717, 1.165) is 24.3 Å². The molecule has 1 atom stereocenters. The van der Waals surface area contributed by atoms with Crippen LogP contribution in [0.5, 0.6) is 0 Å². The number of aromatic carboxylic acids is 1. The molecule has 1 aromatic rings. The maximum atomic E-state index is 12.9. The maximum absolute atomic E-state index is 12.9. The minimum Gasteiger partial charge on any atom is -0.478 e. The highest BCUT2D eigenvalue weighted by Crippen LogP contribution is 2.43. The highest BCUT2D eigenvalue weighted by Gasteiger charge is 2.61. The van der Waals surface area contributed by atoms with Crippen LogP contribution in [-0.4, -0.2) is 23.2 Å². The van der Waals surface area contributed by atoms with Gasteiger partial charge in [-0.25, -0.2) is 4.79 Å². The molecule has 0 saturated carbocycles. The molecule has 0 aliphatic carbocycles. The number of carboxylic acids is 1. The summed E-state index contributed by atoms with van der Waals surface area (Å²) in [6, 6.07) is 0.885. The zero-order valence-electron chi connectivity index (χ0n) is 8.71. The molecular formula is C10H8F5NO2. The molecule has 0 spiro atoms. The van der Waals surface area contributed by atoms with Crippen molar-refractivity contribution in [2.24, 2.45) is 5.73 Å². The lowest BCUT2D eigenvalue weighted by Crippen LogP contribution is -2.45. The number of halogens is 5. The number of carbonyl (C=O) groups is 1. The molecular weight excluding hydrogens is 261 g/mol. The fraction of sp³-hybridized carbons (Fsp3) is 0.300. The van der Waals surface area contributed by atoms with Crippen LogP contribution in [0, 0.1) is 0 Å². The lowest BCUT2D eigenvalue weighted by Gasteiger charge is -2.25. The van der Waals surface area contributed by atoms with Crippen molar-refractivity contribution in [2.45, 2.75) is 18.1 Å². The summed E-state index contributed by atoms with van der Waals surface area (Å²) in [5.74, 6) is -6.41. The summed E-state index contributed by atoms with van der Waals surface area (Å²) in [5, 5.41) is 8.54. The Kier molecular flexibility index (Phi) is 3.61. The van der Waals surface area contributed by atoms with Crippen molar-refractivity contribution in [1.29, 1.82) is 0 Å². The number of carboxylic acid groups (broad SMARTS) is 1. The quantitative estimate of drug-likeness (QED) is 0.829. The van der Waals surface area contributed by atoms with Gasteiger partial charge >= 0.3 is 18.1 Å². The van der Waals surface area contributed by atoms with Crippen LogP contribution < -0.4 is 5.73 Å². The third-order valence-electron chi connectivity index (χ3n) is 2.29. The first-order valence-corrected chi connectivity index (χ1v) is 4.60. The Labute approximate surface area is 98.0 Å². The van der Waals surface area contributed by atoms with Gasteiger partial charge in [0.1, 0.15) is 6.04 Å². The predicted octanol–water partition coefficient (Wildman–Crippen LogP) is 2.58. The number of benzene rings is 1. The number of nitrogens with two attached hydrogens (primary N) is 1. The van der Waals surface area contributed by atoms with Gasteiger partial charge in [-0.05, 0) is 17.7 Å². The van der Waals surface area contributed by atoms with Crippen LogP contribution in [0.4, 0.5) is 22.0 Å². The summed E-state index contributed by atoms with van der Waals surface area (Å²) >= 11 is 0. The fourth-order valence-electron chi connectivity index (χ4n) is 1.22. The van der Waals surface area contributed by atoms with Crippen molar-refractivity contribution in [1.82, 2.24) is 0 Å². The minimum absolute atomic E-state index is 0.235. The highest BCUT2D eigenvalue weighted by molar-refractivity contribution is 5.87. The van der Waals surface area contributed by atoms with Crippen LogP contribution in [0.1, 0.15) is 22.0 Å². The maximum Gasteiger partial charge on any atom is 0.455 e. The van der Waals surface area contributed by atoms with E-state index in [4.69, 9.17) is 10.8 Å². The second-order valence-electron chi connectivity index (χ2n) is 3.53. The van der Waals surface area contributed by atoms with Crippen molar-refractivity contribution < 1.29 is 31.9 Å². The Morgan fingerprint density at radius 2 is 1.56 bits per heavy atom. The standard InChI is InChI=1S/C10H8F5NO2/c11-9(12,10(13,14)15)7(16)5-1-3-6(4-2-5)8(17)18/h1-4,7H,16H2,(H,17,18)/t7-/m1/s1. The smallest absolute Gasteiger partial charge is 0.455 e. The Bertz CT molecular complexity index is 441. The zero-order valence-corrected chi connectivity index (χ0v) is 8.71. The molecule has 0 amide bonds.